The van der Waals surface area contributed by atoms with Crippen LogP contribution in [0.1, 0.15) is 6.42 Å². The van der Waals surface area contributed by atoms with Crippen molar-refractivity contribution in [3.05, 3.63) is 16.7 Å². The predicted octanol–water partition coefficient (Wildman–Crippen LogP) is -0.175. The fourth-order valence-electron chi connectivity index (χ4n) is 1.26. The third-order valence-corrected chi connectivity index (χ3v) is 2.07. The Morgan fingerprint density at radius 1 is 1.67 bits per heavy atom. The summed E-state index contributed by atoms with van der Waals surface area (Å²) in [5, 5.41) is 0. The van der Waals surface area contributed by atoms with Crippen molar-refractivity contribution >= 4 is 11.5 Å². The smallest absolute Gasteiger partial charge is 0.276 e. The molecule has 0 aliphatic rings. The van der Waals surface area contributed by atoms with Gasteiger partial charge in [0.1, 0.15) is 5.69 Å². The minimum atomic E-state index is -0.307. The van der Waals surface area contributed by atoms with E-state index in [4.69, 9.17) is 10.5 Å². The lowest BCUT2D eigenvalue weighted by molar-refractivity contribution is 0.196. The third-order valence-electron chi connectivity index (χ3n) is 2.07. The molecule has 3 N–H and O–H groups in total. The van der Waals surface area contributed by atoms with Gasteiger partial charge in [-0.25, -0.2) is 4.98 Å². The second-order valence-electron chi connectivity index (χ2n) is 3.24. The molecule has 0 radical (unpaired) electrons. The van der Waals surface area contributed by atoms with Gasteiger partial charge in [-0.1, -0.05) is 0 Å². The lowest BCUT2D eigenvalue weighted by atomic mass is 10.4. The quantitative estimate of drug-likeness (QED) is 0.662. The number of rotatable bonds is 5. The van der Waals surface area contributed by atoms with Gasteiger partial charge in [-0.15, -0.1) is 0 Å². The van der Waals surface area contributed by atoms with Gasteiger partial charge >= 0.3 is 0 Å². The molecule has 1 aromatic heterocycles. The van der Waals surface area contributed by atoms with Gasteiger partial charge in [-0.3, -0.25) is 4.79 Å². The van der Waals surface area contributed by atoms with E-state index in [1.165, 1.54) is 6.33 Å². The number of ether oxygens (including phenoxy) is 1. The fraction of sp³-hybridized carbons (Fsp3) is 0.556. The number of aromatic amines is 1. The molecule has 1 rings (SSSR count). The van der Waals surface area contributed by atoms with E-state index in [-0.39, 0.29) is 11.2 Å². The number of nitrogen functional groups attached to an aromatic ring is 1. The fourth-order valence-corrected chi connectivity index (χ4v) is 1.26. The van der Waals surface area contributed by atoms with Crippen LogP contribution in [0.4, 0.5) is 11.5 Å². The zero-order chi connectivity index (χ0) is 11.3. The Balaban J connectivity index is 2.69. The van der Waals surface area contributed by atoms with Crippen molar-refractivity contribution in [2.45, 2.75) is 6.42 Å². The third kappa shape index (κ3) is 2.95. The molecule has 0 fully saturated rings. The zero-order valence-electron chi connectivity index (χ0n) is 8.99. The van der Waals surface area contributed by atoms with Crippen LogP contribution >= 0.6 is 0 Å². The molecule has 0 amide bonds. The van der Waals surface area contributed by atoms with Crippen LogP contribution in [0.3, 0.4) is 0 Å². The summed E-state index contributed by atoms with van der Waals surface area (Å²) in [5.41, 5.74) is 5.45. The van der Waals surface area contributed by atoms with E-state index >= 15 is 0 Å². The molecule has 0 saturated heterocycles. The van der Waals surface area contributed by atoms with Crippen molar-refractivity contribution in [2.24, 2.45) is 0 Å². The number of nitrogens with one attached hydrogen (secondary N) is 1. The first kappa shape index (κ1) is 11.5. The first-order valence-electron chi connectivity index (χ1n) is 4.70. The monoisotopic (exact) mass is 212 g/mol. The number of anilines is 2. The van der Waals surface area contributed by atoms with Crippen molar-refractivity contribution in [1.29, 1.82) is 0 Å². The maximum atomic E-state index is 11.2. The zero-order valence-corrected chi connectivity index (χ0v) is 8.99. The molecule has 1 heterocycles. The molecule has 0 unspecified atom stereocenters. The molecule has 0 aliphatic heterocycles. The first-order chi connectivity index (χ1) is 7.16. The largest absolute Gasteiger partial charge is 0.391 e. The Morgan fingerprint density at radius 3 is 3.07 bits per heavy atom. The van der Waals surface area contributed by atoms with Crippen molar-refractivity contribution in [3.8, 4) is 0 Å². The lowest BCUT2D eigenvalue weighted by Gasteiger charge is -2.18. The molecule has 0 spiro atoms. The van der Waals surface area contributed by atoms with Gasteiger partial charge in [0, 0.05) is 27.3 Å². The summed E-state index contributed by atoms with van der Waals surface area (Å²) in [6, 6.07) is 0. The number of nitrogens with two attached hydrogens (primary N) is 1. The van der Waals surface area contributed by atoms with Crippen molar-refractivity contribution < 1.29 is 4.74 Å². The van der Waals surface area contributed by atoms with E-state index in [0.717, 1.165) is 13.0 Å². The van der Waals surface area contributed by atoms with Gasteiger partial charge in [-0.2, -0.15) is 0 Å². The standard InChI is InChI=1S/C9H16N4O2/c1-13(4-3-5-15-2)8-7(10)9(14)12-6-11-8/h6H,3-5,10H2,1-2H3,(H,11,12,14). The highest BCUT2D eigenvalue weighted by Crippen LogP contribution is 2.12. The average Bonchev–Trinajstić information content (AvgIpc) is 2.22. The minimum Gasteiger partial charge on any atom is -0.391 e. The van der Waals surface area contributed by atoms with Gasteiger partial charge in [0.15, 0.2) is 5.82 Å². The Bertz CT molecular complexity index is 363. The second kappa shape index (κ2) is 5.35. The van der Waals surface area contributed by atoms with E-state index in [1.54, 1.807) is 7.11 Å². The van der Waals surface area contributed by atoms with Gasteiger partial charge in [0.05, 0.1) is 6.33 Å². The molecule has 84 valence electrons. The summed E-state index contributed by atoms with van der Waals surface area (Å²) in [6.45, 7) is 1.42. The summed E-state index contributed by atoms with van der Waals surface area (Å²) in [4.78, 5) is 19.5. The Kier molecular flexibility index (Phi) is 4.11. The molecule has 0 atom stereocenters. The van der Waals surface area contributed by atoms with E-state index < -0.39 is 0 Å². The molecule has 0 bridgehead atoms. The van der Waals surface area contributed by atoms with Crippen LogP contribution in [0.15, 0.2) is 11.1 Å². The lowest BCUT2D eigenvalue weighted by Crippen LogP contribution is -2.25. The van der Waals surface area contributed by atoms with Crippen LogP contribution in [0.25, 0.3) is 0 Å². The number of nitrogens with zero attached hydrogens (tertiary/aromatic N) is 2. The molecule has 6 heteroatoms. The van der Waals surface area contributed by atoms with Crippen molar-refractivity contribution in [2.75, 3.05) is 37.9 Å². The van der Waals surface area contributed by atoms with E-state index in [2.05, 4.69) is 9.97 Å². The number of aromatic nitrogens is 2. The highest BCUT2D eigenvalue weighted by molar-refractivity contribution is 5.60. The van der Waals surface area contributed by atoms with Crippen LogP contribution in [0.5, 0.6) is 0 Å². The van der Waals surface area contributed by atoms with E-state index in [9.17, 15) is 4.79 Å². The Morgan fingerprint density at radius 2 is 2.40 bits per heavy atom. The maximum Gasteiger partial charge on any atom is 0.276 e. The van der Waals surface area contributed by atoms with Crippen molar-refractivity contribution in [1.82, 2.24) is 9.97 Å². The van der Waals surface area contributed by atoms with Crippen LogP contribution in [-0.2, 0) is 4.74 Å². The van der Waals surface area contributed by atoms with Crippen LogP contribution in [-0.4, -0.2) is 37.3 Å². The molecular weight excluding hydrogens is 196 g/mol. The molecule has 0 aliphatic carbocycles. The second-order valence-corrected chi connectivity index (χ2v) is 3.24. The molecular formula is C9H16N4O2. The predicted molar refractivity (Wildman–Crippen MR) is 59.0 cm³/mol. The van der Waals surface area contributed by atoms with E-state index in [1.807, 2.05) is 11.9 Å². The molecule has 6 nitrogen and oxygen atoms in total. The summed E-state index contributed by atoms with van der Waals surface area (Å²) in [6.07, 6.45) is 2.21. The number of hydrogen-bond donors (Lipinski definition) is 2. The van der Waals surface area contributed by atoms with Crippen molar-refractivity contribution in [3.63, 3.8) is 0 Å². The van der Waals surface area contributed by atoms with Gasteiger partial charge in [0.2, 0.25) is 0 Å². The topological polar surface area (TPSA) is 84.2 Å². The summed E-state index contributed by atoms with van der Waals surface area (Å²) < 4.78 is 4.94. The minimum absolute atomic E-state index is 0.150. The number of methoxy groups -OCH3 is 1. The number of hydrogen-bond acceptors (Lipinski definition) is 5. The van der Waals surface area contributed by atoms with Gasteiger partial charge in [0.25, 0.3) is 5.56 Å². The maximum absolute atomic E-state index is 11.2. The Labute approximate surface area is 88.1 Å². The normalized spacial score (nSPS) is 10.3. The summed E-state index contributed by atoms with van der Waals surface area (Å²) in [7, 11) is 3.49. The molecule has 1 aromatic rings. The SMILES string of the molecule is COCCCN(C)c1nc[nH]c(=O)c1N. The Hall–Kier alpha value is -1.56. The van der Waals surface area contributed by atoms with Crippen LogP contribution in [0.2, 0.25) is 0 Å². The highest BCUT2D eigenvalue weighted by atomic mass is 16.5. The number of H-pyrrole nitrogens is 1. The summed E-state index contributed by atoms with van der Waals surface area (Å²) in [5.74, 6) is 0.509. The molecule has 15 heavy (non-hydrogen) atoms. The van der Waals surface area contributed by atoms with E-state index in [0.29, 0.717) is 12.4 Å². The van der Waals surface area contributed by atoms with Crippen LogP contribution in [0, 0.1) is 0 Å². The highest BCUT2D eigenvalue weighted by Gasteiger charge is 2.08. The van der Waals surface area contributed by atoms with Crippen LogP contribution < -0.4 is 16.2 Å². The van der Waals surface area contributed by atoms with Gasteiger partial charge < -0.3 is 20.4 Å². The molecule has 0 saturated carbocycles. The average molecular weight is 212 g/mol. The first-order valence-corrected chi connectivity index (χ1v) is 4.70. The molecule has 0 aromatic carbocycles. The van der Waals surface area contributed by atoms with Gasteiger partial charge in [-0.05, 0) is 6.42 Å². The summed E-state index contributed by atoms with van der Waals surface area (Å²) >= 11 is 0.